The number of hydrogen-bond donors (Lipinski definition) is 1. The molecule has 1 saturated heterocycles. The Bertz CT molecular complexity index is 1270. The monoisotopic (exact) mass is 460 g/mol. The molecule has 0 bridgehead atoms. The summed E-state index contributed by atoms with van der Waals surface area (Å²) in [5.74, 6) is -0.532. The summed E-state index contributed by atoms with van der Waals surface area (Å²) in [4.78, 5) is 20.3. The van der Waals surface area contributed by atoms with Crippen LogP contribution in [0.3, 0.4) is 0 Å². The van der Waals surface area contributed by atoms with Crippen molar-refractivity contribution in [3.8, 4) is 16.5 Å². The summed E-state index contributed by atoms with van der Waals surface area (Å²) in [5.41, 5.74) is 2.07. The van der Waals surface area contributed by atoms with E-state index in [2.05, 4.69) is 31.0 Å². The van der Waals surface area contributed by atoms with Gasteiger partial charge in [0.05, 0.1) is 16.4 Å². The molecule has 1 amide bonds. The molecule has 1 aliphatic heterocycles. The van der Waals surface area contributed by atoms with Crippen molar-refractivity contribution in [2.75, 3.05) is 7.05 Å². The number of piperidine rings is 1. The van der Waals surface area contributed by atoms with E-state index in [1.165, 1.54) is 33.9 Å². The van der Waals surface area contributed by atoms with Crippen LogP contribution in [0.5, 0.6) is 0 Å². The molecular formula is C26H25FN4OS. The number of halogens is 1. The Kier molecular flexibility index (Phi) is 5.89. The molecule has 4 rings (SSSR count). The maximum atomic E-state index is 13.8. The predicted octanol–water partition coefficient (Wildman–Crippen LogP) is 5.83. The zero-order valence-electron chi connectivity index (χ0n) is 19.0. The fourth-order valence-corrected chi connectivity index (χ4v) is 5.47. The minimum atomic E-state index is -0.707. The summed E-state index contributed by atoms with van der Waals surface area (Å²) >= 11 is 1.42. The molecule has 2 heterocycles. The summed E-state index contributed by atoms with van der Waals surface area (Å²) in [6, 6.07) is 14.4. The summed E-state index contributed by atoms with van der Waals surface area (Å²) in [6.45, 7) is 6.25. The Morgan fingerprint density at radius 1 is 1.27 bits per heavy atom. The van der Waals surface area contributed by atoms with Crippen molar-refractivity contribution in [2.45, 2.75) is 44.4 Å². The molecule has 1 aliphatic rings. The average Bonchev–Trinajstić information content (AvgIpc) is 3.29. The highest BCUT2D eigenvalue weighted by atomic mass is 32.1. The molecule has 1 aromatic heterocycles. The van der Waals surface area contributed by atoms with Crippen molar-refractivity contribution in [2.24, 2.45) is 0 Å². The fourth-order valence-electron chi connectivity index (χ4n) is 4.39. The Morgan fingerprint density at radius 3 is 2.61 bits per heavy atom. The number of amidine groups is 1. The quantitative estimate of drug-likeness (QED) is 0.532. The van der Waals surface area contributed by atoms with Gasteiger partial charge in [-0.3, -0.25) is 10.2 Å². The van der Waals surface area contributed by atoms with Gasteiger partial charge in [-0.2, -0.15) is 5.26 Å². The molecule has 2 atom stereocenters. The SMILES string of the molecule is CC(C)c1ccc(C2C(=O)N(C)C(=N)C[C@]2(C)c2ncc(-c3ccc(F)c(C#N)c3)s2)cc1. The number of carbonyl (C=O) groups is 1. The number of carbonyl (C=O) groups excluding carboxylic acids is 1. The number of nitriles is 1. The summed E-state index contributed by atoms with van der Waals surface area (Å²) in [7, 11) is 1.65. The second kappa shape index (κ2) is 8.53. The van der Waals surface area contributed by atoms with Crippen LogP contribution >= 0.6 is 11.3 Å². The van der Waals surface area contributed by atoms with Crippen LogP contribution in [0.2, 0.25) is 0 Å². The van der Waals surface area contributed by atoms with Crippen LogP contribution < -0.4 is 0 Å². The van der Waals surface area contributed by atoms with Crippen LogP contribution in [-0.4, -0.2) is 28.7 Å². The Labute approximate surface area is 197 Å². The first kappa shape index (κ1) is 22.8. The van der Waals surface area contributed by atoms with Gasteiger partial charge in [0.1, 0.15) is 22.7 Å². The topological polar surface area (TPSA) is 80.8 Å². The van der Waals surface area contributed by atoms with E-state index in [1.54, 1.807) is 19.3 Å². The van der Waals surface area contributed by atoms with Gasteiger partial charge in [-0.1, -0.05) is 51.1 Å². The zero-order chi connectivity index (χ0) is 23.9. The molecule has 1 unspecified atom stereocenters. The van der Waals surface area contributed by atoms with E-state index < -0.39 is 17.2 Å². The molecule has 5 nitrogen and oxygen atoms in total. The minimum absolute atomic E-state index is 0.0203. The molecule has 7 heteroatoms. The molecule has 33 heavy (non-hydrogen) atoms. The van der Waals surface area contributed by atoms with Crippen LogP contribution in [0.15, 0.2) is 48.7 Å². The van der Waals surface area contributed by atoms with Crippen LogP contribution in [0.1, 0.15) is 60.7 Å². The average molecular weight is 461 g/mol. The van der Waals surface area contributed by atoms with Crippen molar-refractivity contribution in [1.82, 2.24) is 9.88 Å². The van der Waals surface area contributed by atoms with Gasteiger partial charge >= 0.3 is 0 Å². The third-order valence-corrected chi connectivity index (χ3v) is 7.78. The highest BCUT2D eigenvalue weighted by Gasteiger charge is 2.50. The highest BCUT2D eigenvalue weighted by Crippen LogP contribution is 2.48. The van der Waals surface area contributed by atoms with Crippen LogP contribution in [0.4, 0.5) is 4.39 Å². The van der Waals surface area contributed by atoms with Crippen molar-refractivity contribution in [3.63, 3.8) is 0 Å². The molecule has 3 aromatic rings. The van der Waals surface area contributed by atoms with Crippen LogP contribution in [0, 0.1) is 22.6 Å². The molecule has 1 fully saturated rings. The second-order valence-corrected chi connectivity index (χ2v) is 10.1. The van der Waals surface area contributed by atoms with Crippen molar-refractivity contribution in [1.29, 1.82) is 10.7 Å². The smallest absolute Gasteiger partial charge is 0.236 e. The lowest BCUT2D eigenvalue weighted by molar-refractivity contribution is -0.131. The number of likely N-dealkylation sites (N-methyl/N-ethyl adjacent to an activating group) is 1. The van der Waals surface area contributed by atoms with E-state index in [4.69, 9.17) is 10.7 Å². The normalized spacial score (nSPS) is 20.9. The van der Waals surface area contributed by atoms with Gasteiger partial charge in [0, 0.05) is 25.1 Å². The maximum Gasteiger partial charge on any atom is 0.236 e. The first-order valence-corrected chi connectivity index (χ1v) is 11.6. The number of nitrogens with one attached hydrogen (secondary N) is 1. The summed E-state index contributed by atoms with van der Waals surface area (Å²) in [6.07, 6.45) is 2.07. The van der Waals surface area contributed by atoms with Crippen LogP contribution in [0.25, 0.3) is 10.4 Å². The Hall–Kier alpha value is -3.37. The number of amides is 1. The van der Waals surface area contributed by atoms with E-state index in [9.17, 15) is 9.18 Å². The molecule has 2 aromatic carbocycles. The number of aromatic nitrogens is 1. The maximum absolute atomic E-state index is 13.8. The number of likely N-dealkylation sites (tertiary alicyclic amines) is 1. The molecule has 0 radical (unpaired) electrons. The number of benzene rings is 2. The van der Waals surface area contributed by atoms with Gasteiger partial charge in [0.15, 0.2) is 0 Å². The highest BCUT2D eigenvalue weighted by molar-refractivity contribution is 7.15. The van der Waals surface area contributed by atoms with Gasteiger partial charge in [-0.15, -0.1) is 11.3 Å². The zero-order valence-corrected chi connectivity index (χ0v) is 19.8. The van der Waals surface area contributed by atoms with E-state index in [-0.39, 0.29) is 17.3 Å². The summed E-state index contributed by atoms with van der Waals surface area (Å²) in [5, 5.41) is 18.3. The molecule has 0 spiro atoms. The fraction of sp³-hybridized carbons (Fsp3) is 0.308. The first-order chi connectivity index (χ1) is 15.7. The van der Waals surface area contributed by atoms with Crippen molar-refractivity contribution < 1.29 is 9.18 Å². The predicted molar refractivity (Wildman–Crippen MR) is 128 cm³/mol. The third kappa shape index (κ3) is 3.96. The third-order valence-electron chi connectivity index (χ3n) is 6.46. The number of thiazole rings is 1. The van der Waals surface area contributed by atoms with E-state index in [1.807, 2.05) is 25.1 Å². The number of nitrogens with zero attached hydrogens (tertiary/aromatic N) is 3. The second-order valence-electron chi connectivity index (χ2n) is 9.03. The lowest BCUT2D eigenvalue weighted by Gasteiger charge is -2.43. The van der Waals surface area contributed by atoms with Gasteiger partial charge in [0.25, 0.3) is 0 Å². The van der Waals surface area contributed by atoms with Crippen LogP contribution in [-0.2, 0) is 10.2 Å². The van der Waals surface area contributed by atoms with E-state index in [0.29, 0.717) is 17.9 Å². The largest absolute Gasteiger partial charge is 0.303 e. The number of rotatable bonds is 4. The first-order valence-electron chi connectivity index (χ1n) is 10.8. The minimum Gasteiger partial charge on any atom is -0.303 e. The molecule has 0 aliphatic carbocycles. The summed E-state index contributed by atoms with van der Waals surface area (Å²) < 4.78 is 13.8. The van der Waals surface area contributed by atoms with Gasteiger partial charge in [-0.05, 0) is 34.7 Å². The molecule has 0 saturated carbocycles. The van der Waals surface area contributed by atoms with Crippen molar-refractivity contribution in [3.05, 3.63) is 76.2 Å². The van der Waals surface area contributed by atoms with Gasteiger partial charge in [-0.25, -0.2) is 9.37 Å². The molecule has 1 N–H and O–H groups in total. The standard InChI is InChI=1S/C26H25FN4OS/c1-15(2)16-5-7-17(8-6-16)23-24(32)31(4)22(29)12-26(23,3)25-30-14-21(33-25)18-9-10-20(27)19(11-18)13-28/h5-11,14-15,23,29H,12H2,1-4H3/t23?,26-/m0/s1. The van der Waals surface area contributed by atoms with Crippen molar-refractivity contribution >= 4 is 23.1 Å². The number of hydrogen-bond acceptors (Lipinski definition) is 5. The molecule has 168 valence electrons. The van der Waals surface area contributed by atoms with Gasteiger partial charge < -0.3 is 4.90 Å². The van der Waals surface area contributed by atoms with Gasteiger partial charge in [0.2, 0.25) is 5.91 Å². The lowest BCUT2D eigenvalue weighted by Crippen LogP contribution is -2.52. The Morgan fingerprint density at radius 2 is 1.97 bits per heavy atom. The van der Waals surface area contributed by atoms with E-state index >= 15 is 0 Å². The Balaban J connectivity index is 1.79. The lowest BCUT2D eigenvalue weighted by atomic mass is 9.68. The molecular weight excluding hydrogens is 435 g/mol. The van der Waals surface area contributed by atoms with E-state index in [0.717, 1.165) is 15.4 Å².